The highest BCUT2D eigenvalue weighted by Gasteiger charge is 2.41. The summed E-state index contributed by atoms with van der Waals surface area (Å²) in [5, 5.41) is 21.1. The van der Waals surface area contributed by atoms with Gasteiger partial charge >= 0.3 is 0 Å². The van der Waals surface area contributed by atoms with Gasteiger partial charge in [0.15, 0.2) is 0 Å². The van der Waals surface area contributed by atoms with E-state index < -0.39 is 12.1 Å². The molecular formula is C32H35Cl2N5O2. The number of nitriles is 2. The Bertz CT molecular complexity index is 1280. The number of benzene rings is 3. The first-order chi connectivity index (χ1) is 20.1. The van der Waals surface area contributed by atoms with Crippen LogP contribution in [0.5, 0.6) is 11.5 Å². The van der Waals surface area contributed by atoms with Crippen LogP contribution in [0.2, 0.25) is 0 Å². The van der Waals surface area contributed by atoms with Crippen molar-refractivity contribution in [2.45, 2.75) is 24.7 Å². The third-order valence-corrected chi connectivity index (χ3v) is 7.84. The van der Waals surface area contributed by atoms with Gasteiger partial charge in [-0.15, -0.1) is 23.2 Å². The standard InChI is InChI=1S/C32H35Cl2N5O2/c1-40-30-10-5-3-8-26(30)28(22-35)38-18-7-19-39(29(23-36)27-9-4-6-11-31(27)41-2)32(38)24-12-14-25(15-13-24)37(20-16-33)21-17-34/h3-6,8-15,28-29,32H,7,16-21H2,1-2H3/t28-,29-/m0/s1. The van der Waals surface area contributed by atoms with Crippen molar-refractivity contribution < 1.29 is 9.47 Å². The van der Waals surface area contributed by atoms with Crippen molar-refractivity contribution in [3.63, 3.8) is 0 Å². The predicted octanol–water partition coefficient (Wildman–Crippen LogP) is 6.52. The van der Waals surface area contributed by atoms with Gasteiger partial charge in [-0.2, -0.15) is 10.5 Å². The van der Waals surface area contributed by atoms with E-state index in [9.17, 15) is 10.5 Å². The molecule has 7 nitrogen and oxygen atoms in total. The van der Waals surface area contributed by atoms with Crippen molar-refractivity contribution in [3.05, 3.63) is 89.5 Å². The van der Waals surface area contributed by atoms with E-state index >= 15 is 0 Å². The molecule has 0 amide bonds. The van der Waals surface area contributed by atoms with Gasteiger partial charge in [-0.05, 0) is 36.2 Å². The molecule has 3 aromatic carbocycles. The molecule has 214 valence electrons. The molecule has 3 aromatic rings. The van der Waals surface area contributed by atoms with E-state index in [1.807, 2.05) is 48.5 Å². The Morgan fingerprint density at radius 1 is 0.780 bits per heavy atom. The molecule has 9 heteroatoms. The average Bonchev–Trinajstić information content (AvgIpc) is 3.02. The van der Waals surface area contributed by atoms with Gasteiger partial charge in [0, 0.05) is 54.8 Å². The Hall–Kier alpha value is -3.46. The molecule has 0 aromatic heterocycles. The Balaban J connectivity index is 1.83. The summed E-state index contributed by atoms with van der Waals surface area (Å²) in [6.45, 7) is 2.72. The van der Waals surface area contributed by atoms with Crippen molar-refractivity contribution in [2.24, 2.45) is 0 Å². The van der Waals surface area contributed by atoms with Gasteiger partial charge in [-0.3, -0.25) is 9.80 Å². The van der Waals surface area contributed by atoms with Gasteiger partial charge in [0.2, 0.25) is 0 Å². The second kappa shape index (κ2) is 15.0. The Labute approximate surface area is 253 Å². The topological polar surface area (TPSA) is 75.8 Å². The van der Waals surface area contributed by atoms with Crippen LogP contribution in [0.1, 0.15) is 41.4 Å². The van der Waals surface area contributed by atoms with Crippen molar-refractivity contribution in [3.8, 4) is 23.6 Å². The lowest BCUT2D eigenvalue weighted by Crippen LogP contribution is -2.50. The Morgan fingerprint density at radius 2 is 1.24 bits per heavy atom. The minimum absolute atomic E-state index is 0.364. The maximum atomic E-state index is 10.6. The number of hydrogen-bond acceptors (Lipinski definition) is 7. The monoisotopic (exact) mass is 591 g/mol. The Morgan fingerprint density at radius 3 is 1.66 bits per heavy atom. The van der Waals surface area contributed by atoms with E-state index in [-0.39, 0.29) is 6.17 Å². The second-order valence-electron chi connectivity index (χ2n) is 9.71. The zero-order chi connectivity index (χ0) is 29.2. The smallest absolute Gasteiger partial charge is 0.128 e. The highest BCUT2D eigenvalue weighted by Crippen LogP contribution is 2.43. The molecule has 1 aliphatic rings. The minimum Gasteiger partial charge on any atom is -0.496 e. The van der Waals surface area contributed by atoms with Gasteiger partial charge in [-0.1, -0.05) is 48.5 Å². The van der Waals surface area contributed by atoms with Crippen LogP contribution in [0, 0.1) is 22.7 Å². The number of nitrogens with zero attached hydrogens (tertiary/aromatic N) is 5. The van der Waals surface area contributed by atoms with Gasteiger partial charge in [0.1, 0.15) is 23.6 Å². The summed E-state index contributed by atoms with van der Waals surface area (Å²) in [4.78, 5) is 6.50. The summed E-state index contributed by atoms with van der Waals surface area (Å²) in [5.41, 5.74) is 3.59. The highest BCUT2D eigenvalue weighted by molar-refractivity contribution is 6.18. The van der Waals surface area contributed by atoms with E-state index in [1.54, 1.807) is 14.2 Å². The molecule has 0 spiro atoms. The fourth-order valence-corrected chi connectivity index (χ4v) is 6.06. The molecule has 0 saturated carbocycles. The third kappa shape index (κ3) is 6.72. The molecule has 1 heterocycles. The highest BCUT2D eigenvalue weighted by atomic mass is 35.5. The number of anilines is 1. The molecule has 1 aliphatic heterocycles. The van der Waals surface area contributed by atoms with Crippen LogP contribution in [-0.4, -0.2) is 62.0 Å². The number of hydrogen-bond donors (Lipinski definition) is 0. The summed E-state index contributed by atoms with van der Waals surface area (Å²) in [6.07, 6.45) is 0.422. The molecule has 0 bridgehead atoms. The number of rotatable bonds is 12. The first-order valence-electron chi connectivity index (χ1n) is 13.6. The normalized spacial score (nSPS) is 15.9. The molecule has 0 N–H and O–H groups in total. The van der Waals surface area contributed by atoms with Crippen molar-refractivity contribution in [2.75, 3.05) is 57.1 Å². The van der Waals surface area contributed by atoms with E-state index in [4.69, 9.17) is 32.7 Å². The largest absolute Gasteiger partial charge is 0.496 e. The summed E-state index contributed by atoms with van der Waals surface area (Å²) in [5.74, 6) is 2.30. The van der Waals surface area contributed by atoms with Crippen molar-refractivity contribution >= 4 is 28.9 Å². The summed E-state index contributed by atoms with van der Waals surface area (Å²) in [7, 11) is 3.24. The number of methoxy groups -OCH3 is 2. The molecular weight excluding hydrogens is 557 g/mol. The average molecular weight is 593 g/mol. The van der Waals surface area contributed by atoms with Crippen molar-refractivity contribution in [1.82, 2.24) is 9.80 Å². The Kier molecular flexibility index (Phi) is 11.1. The van der Waals surface area contributed by atoms with Gasteiger partial charge in [0.25, 0.3) is 0 Å². The lowest BCUT2D eigenvalue weighted by Gasteiger charge is -2.47. The number of para-hydroxylation sites is 2. The summed E-state index contributed by atoms with van der Waals surface area (Å²) < 4.78 is 11.3. The fourth-order valence-electron chi connectivity index (χ4n) is 5.66. The van der Waals surface area contributed by atoms with E-state index in [0.717, 1.165) is 28.8 Å². The SMILES string of the molecule is COc1ccccc1[C@H](C#N)N1CCCN([C@@H](C#N)c2ccccc2OC)C1c1ccc(N(CCCl)CCCl)cc1. The van der Waals surface area contributed by atoms with Crippen LogP contribution < -0.4 is 14.4 Å². The molecule has 1 saturated heterocycles. The summed E-state index contributed by atoms with van der Waals surface area (Å²) in [6, 6.07) is 27.4. The van der Waals surface area contributed by atoms with E-state index in [1.165, 1.54) is 0 Å². The molecule has 0 unspecified atom stereocenters. The molecule has 41 heavy (non-hydrogen) atoms. The van der Waals surface area contributed by atoms with Crippen LogP contribution in [-0.2, 0) is 0 Å². The zero-order valence-electron chi connectivity index (χ0n) is 23.4. The van der Waals surface area contributed by atoms with Crippen LogP contribution in [0.25, 0.3) is 0 Å². The van der Waals surface area contributed by atoms with Crippen LogP contribution in [0.4, 0.5) is 5.69 Å². The van der Waals surface area contributed by atoms with Gasteiger partial charge in [-0.25, -0.2) is 0 Å². The predicted molar refractivity (Wildman–Crippen MR) is 164 cm³/mol. The lowest BCUT2D eigenvalue weighted by atomic mass is 9.96. The first-order valence-corrected chi connectivity index (χ1v) is 14.7. The molecule has 1 fully saturated rings. The van der Waals surface area contributed by atoms with Crippen molar-refractivity contribution in [1.29, 1.82) is 10.5 Å². The summed E-state index contributed by atoms with van der Waals surface area (Å²) >= 11 is 12.1. The maximum absolute atomic E-state index is 10.6. The fraction of sp³-hybridized carbons (Fsp3) is 0.375. The maximum Gasteiger partial charge on any atom is 0.128 e. The first kappa shape index (κ1) is 30.5. The number of ether oxygens (including phenoxy) is 2. The molecule has 2 atom stereocenters. The van der Waals surface area contributed by atoms with Gasteiger partial charge < -0.3 is 14.4 Å². The lowest BCUT2D eigenvalue weighted by molar-refractivity contribution is -0.0293. The molecule has 0 aliphatic carbocycles. The number of halogens is 2. The van der Waals surface area contributed by atoms with Gasteiger partial charge in [0.05, 0.1) is 32.5 Å². The zero-order valence-corrected chi connectivity index (χ0v) is 24.9. The minimum atomic E-state index is -0.598. The van der Waals surface area contributed by atoms with E-state index in [0.29, 0.717) is 49.4 Å². The number of alkyl halides is 2. The second-order valence-corrected chi connectivity index (χ2v) is 10.5. The van der Waals surface area contributed by atoms with Crippen LogP contribution in [0.3, 0.4) is 0 Å². The van der Waals surface area contributed by atoms with E-state index in [2.05, 4.69) is 51.1 Å². The van der Waals surface area contributed by atoms with Crippen LogP contribution in [0.15, 0.2) is 72.8 Å². The van der Waals surface area contributed by atoms with Crippen LogP contribution >= 0.6 is 23.2 Å². The quantitative estimate of drug-likeness (QED) is 0.222. The molecule has 0 radical (unpaired) electrons. The third-order valence-electron chi connectivity index (χ3n) is 7.50. The molecule has 4 rings (SSSR count).